The van der Waals surface area contributed by atoms with Crippen LogP contribution in [-0.4, -0.2) is 36.6 Å². The average molecular weight is 238 g/mol. The molecule has 2 heterocycles. The molecule has 0 bridgehead atoms. The molecule has 1 N–H and O–H groups in total. The van der Waals surface area contributed by atoms with Gasteiger partial charge in [-0.1, -0.05) is 26.2 Å². The van der Waals surface area contributed by atoms with Crippen molar-refractivity contribution in [3.63, 3.8) is 0 Å². The second kappa shape index (κ2) is 6.75. The summed E-state index contributed by atoms with van der Waals surface area (Å²) in [5.74, 6) is 0.975. The van der Waals surface area contributed by atoms with Crippen molar-refractivity contribution in [1.29, 1.82) is 0 Å². The third kappa shape index (κ3) is 3.96. The van der Waals surface area contributed by atoms with Crippen LogP contribution in [0.25, 0.3) is 0 Å². The molecule has 2 nitrogen and oxygen atoms in total. The van der Waals surface area contributed by atoms with Gasteiger partial charge >= 0.3 is 0 Å². The van der Waals surface area contributed by atoms with Gasteiger partial charge in [0.15, 0.2) is 0 Å². The predicted octanol–water partition coefficient (Wildman–Crippen LogP) is 3.03. The first-order chi connectivity index (χ1) is 8.29. The van der Waals surface area contributed by atoms with E-state index in [1.54, 1.807) is 0 Å². The summed E-state index contributed by atoms with van der Waals surface area (Å²) in [6.07, 6.45) is 9.86. The third-order valence-electron chi connectivity index (χ3n) is 4.83. The van der Waals surface area contributed by atoms with Gasteiger partial charge in [-0.25, -0.2) is 0 Å². The standard InChI is InChI=1S/C15H30N2/c1-3-14-8-9-16-15(11-14)12-17-10-6-4-5-7-13(17)2/h13-16H,3-12H2,1-2H3. The zero-order valence-corrected chi connectivity index (χ0v) is 11.8. The maximum absolute atomic E-state index is 3.73. The zero-order valence-electron chi connectivity index (χ0n) is 11.8. The molecular formula is C15H30N2. The van der Waals surface area contributed by atoms with Crippen molar-refractivity contribution >= 4 is 0 Å². The fraction of sp³-hybridized carbons (Fsp3) is 1.00. The van der Waals surface area contributed by atoms with Crippen LogP contribution in [0.15, 0.2) is 0 Å². The van der Waals surface area contributed by atoms with E-state index in [-0.39, 0.29) is 0 Å². The number of hydrogen-bond acceptors (Lipinski definition) is 2. The Morgan fingerprint density at radius 2 is 2.06 bits per heavy atom. The molecular weight excluding hydrogens is 208 g/mol. The molecule has 0 aromatic heterocycles. The Hall–Kier alpha value is -0.0800. The maximum Gasteiger partial charge on any atom is 0.0197 e. The van der Waals surface area contributed by atoms with Crippen LogP contribution in [0.1, 0.15) is 58.8 Å². The van der Waals surface area contributed by atoms with Crippen LogP contribution in [-0.2, 0) is 0 Å². The van der Waals surface area contributed by atoms with E-state index in [4.69, 9.17) is 0 Å². The number of hydrogen-bond donors (Lipinski definition) is 1. The van der Waals surface area contributed by atoms with Gasteiger partial charge in [0.05, 0.1) is 0 Å². The summed E-state index contributed by atoms with van der Waals surface area (Å²) < 4.78 is 0. The Balaban J connectivity index is 1.81. The van der Waals surface area contributed by atoms with Gasteiger partial charge in [-0.2, -0.15) is 0 Å². The monoisotopic (exact) mass is 238 g/mol. The number of likely N-dealkylation sites (tertiary alicyclic amines) is 1. The molecule has 0 amide bonds. The second-order valence-corrected chi connectivity index (χ2v) is 6.14. The molecule has 2 aliphatic heterocycles. The summed E-state index contributed by atoms with van der Waals surface area (Å²) in [6.45, 7) is 8.63. The van der Waals surface area contributed by atoms with E-state index in [9.17, 15) is 0 Å². The van der Waals surface area contributed by atoms with E-state index < -0.39 is 0 Å². The number of nitrogens with zero attached hydrogens (tertiary/aromatic N) is 1. The number of nitrogens with one attached hydrogen (secondary N) is 1. The molecule has 0 aliphatic carbocycles. The third-order valence-corrected chi connectivity index (χ3v) is 4.83. The first kappa shape index (κ1) is 13.4. The molecule has 0 spiro atoms. The molecule has 17 heavy (non-hydrogen) atoms. The topological polar surface area (TPSA) is 15.3 Å². The van der Waals surface area contributed by atoms with Crippen molar-refractivity contribution < 1.29 is 0 Å². The molecule has 0 aromatic carbocycles. The van der Waals surface area contributed by atoms with E-state index in [0.717, 1.165) is 18.0 Å². The highest BCUT2D eigenvalue weighted by molar-refractivity contribution is 4.83. The van der Waals surface area contributed by atoms with Crippen LogP contribution < -0.4 is 5.32 Å². The van der Waals surface area contributed by atoms with Gasteiger partial charge in [0, 0.05) is 18.6 Å². The summed E-state index contributed by atoms with van der Waals surface area (Å²) >= 11 is 0. The van der Waals surface area contributed by atoms with Crippen LogP contribution in [0.3, 0.4) is 0 Å². The molecule has 2 heteroatoms. The van der Waals surface area contributed by atoms with Crippen LogP contribution in [0.5, 0.6) is 0 Å². The van der Waals surface area contributed by atoms with Gasteiger partial charge in [0.2, 0.25) is 0 Å². The largest absolute Gasteiger partial charge is 0.313 e. The fourth-order valence-corrected chi connectivity index (χ4v) is 3.49. The van der Waals surface area contributed by atoms with E-state index in [1.165, 1.54) is 64.6 Å². The molecule has 2 fully saturated rings. The highest BCUT2D eigenvalue weighted by Crippen LogP contribution is 2.22. The van der Waals surface area contributed by atoms with Gasteiger partial charge in [-0.15, -0.1) is 0 Å². The first-order valence-electron chi connectivity index (χ1n) is 7.77. The zero-order chi connectivity index (χ0) is 12.1. The number of piperidine rings is 1. The fourth-order valence-electron chi connectivity index (χ4n) is 3.49. The normalized spacial score (nSPS) is 36.7. The van der Waals surface area contributed by atoms with Crippen LogP contribution >= 0.6 is 0 Å². The van der Waals surface area contributed by atoms with Crippen molar-refractivity contribution in [2.24, 2.45) is 5.92 Å². The van der Waals surface area contributed by atoms with Gasteiger partial charge in [0.25, 0.3) is 0 Å². The Labute approximate surface area is 107 Å². The average Bonchev–Trinajstić information content (AvgIpc) is 2.55. The van der Waals surface area contributed by atoms with Crippen molar-refractivity contribution in [1.82, 2.24) is 10.2 Å². The van der Waals surface area contributed by atoms with Crippen LogP contribution in [0, 0.1) is 5.92 Å². The Morgan fingerprint density at radius 1 is 1.18 bits per heavy atom. The van der Waals surface area contributed by atoms with Crippen molar-refractivity contribution in [3.8, 4) is 0 Å². The Morgan fingerprint density at radius 3 is 2.88 bits per heavy atom. The highest BCUT2D eigenvalue weighted by Gasteiger charge is 2.24. The Kier molecular flexibility index (Phi) is 5.30. The molecule has 3 atom stereocenters. The van der Waals surface area contributed by atoms with E-state index in [1.807, 2.05) is 0 Å². The predicted molar refractivity (Wildman–Crippen MR) is 74.3 cm³/mol. The van der Waals surface area contributed by atoms with E-state index >= 15 is 0 Å². The lowest BCUT2D eigenvalue weighted by Gasteiger charge is -2.36. The minimum Gasteiger partial charge on any atom is -0.313 e. The van der Waals surface area contributed by atoms with Crippen molar-refractivity contribution in [2.75, 3.05) is 19.6 Å². The van der Waals surface area contributed by atoms with Gasteiger partial charge < -0.3 is 5.32 Å². The molecule has 2 rings (SSSR count). The lowest BCUT2D eigenvalue weighted by Crippen LogP contribution is -2.48. The van der Waals surface area contributed by atoms with E-state index in [2.05, 4.69) is 24.1 Å². The SMILES string of the molecule is CCC1CCNC(CN2CCCCCC2C)C1. The Bertz CT molecular complexity index is 217. The van der Waals surface area contributed by atoms with Crippen LogP contribution in [0.2, 0.25) is 0 Å². The summed E-state index contributed by atoms with van der Waals surface area (Å²) in [6, 6.07) is 1.57. The van der Waals surface area contributed by atoms with Crippen LogP contribution in [0.4, 0.5) is 0 Å². The second-order valence-electron chi connectivity index (χ2n) is 6.14. The summed E-state index contributed by atoms with van der Waals surface area (Å²) in [7, 11) is 0. The van der Waals surface area contributed by atoms with Crippen molar-refractivity contribution in [3.05, 3.63) is 0 Å². The van der Waals surface area contributed by atoms with Crippen molar-refractivity contribution in [2.45, 2.75) is 70.9 Å². The van der Waals surface area contributed by atoms with Gasteiger partial charge in [-0.05, 0) is 51.6 Å². The van der Waals surface area contributed by atoms with Gasteiger partial charge in [-0.3, -0.25) is 4.90 Å². The molecule has 0 radical (unpaired) electrons. The lowest BCUT2D eigenvalue weighted by atomic mass is 9.90. The van der Waals surface area contributed by atoms with Gasteiger partial charge in [0.1, 0.15) is 0 Å². The number of rotatable bonds is 3. The lowest BCUT2D eigenvalue weighted by molar-refractivity contribution is 0.164. The summed E-state index contributed by atoms with van der Waals surface area (Å²) in [4.78, 5) is 2.74. The summed E-state index contributed by atoms with van der Waals surface area (Å²) in [5.41, 5.74) is 0. The molecule has 2 saturated heterocycles. The molecule has 3 unspecified atom stereocenters. The minimum absolute atomic E-state index is 0.759. The quantitative estimate of drug-likeness (QED) is 0.813. The smallest absolute Gasteiger partial charge is 0.0197 e. The molecule has 0 aromatic rings. The maximum atomic E-state index is 3.73. The molecule has 100 valence electrons. The van der Waals surface area contributed by atoms with E-state index in [0.29, 0.717) is 0 Å². The first-order valence-corrected chi connectivity index (χ1v) is 7.77. The summed E-state index contributed by atoms with van der Waals surface area (Å²) in [5, 5.41) is 3.73. The highest BCUT2D eigenvalue weighted by atomic mass is 15.2. The molecule has 0 saturated carbocycles. The molecule has 2 aliphatic rings. The minimum atomic E-state index is 0.759.